The minimum Gasteiger partial charge on any atom is -0.483 e. The molecule has 2 atom stereocenters. The number of pyridine rings is 1. The zero-order chi connectivity index (χ0) is 28.2. The Bertz CT molecular complexity index is 1410. The van der Waals surface area contributed by atoms with Gasteiger partial charge in [0.05, 0.1) is 6.04 Å². The quantitative estimate of drug-likeness (QED) is 0.427. The van der Waals surface area contributed by atoms with Crippen LogP contribution in [-0.4, -0.2) is 47.5 Å². The Morgan fingerprint density at radius 3 is 2.64 bits per heavy atom. The van der Waals surface area contributed by atoms with Crippen LogP contribution in [0, 0.1) is 11.6 Å². The Kier molecular flexibility index (Phi) is 8.54. The lowest BCUT2D eigenvalue weighted by Crippen LogP contribution is -2.40. The van der Waals surface area contributed by atoms with Gasteiger partial charge in [0.25, 0.3) is 5.91 Å². The summed E-state index contributed by atoms with van der Waals surface area (Å²) in [6.07, 6.45) is 2.39. The van der Waals surface area contributed by atoms with Crippen LogP contribution in [0.5, 0.6) is 5.75 Å². The summed E-state index contributed by atoms with van der Waals surface area (Å²) >= 11 is 0. The maximum atomic E-state index is 16.0. The molecule has 0 radical (unpaired) electrons. The highest BCUT2D eigenvalue weighted by molar-refractivity contribution is 5.95. The van der Waals surface area contributed by atoms with Gasteiger partial charge in [0, 0.05) is 30.9 Å². The molecule has 7 nitrogen and oxygen atoms in total. The zero-order valence-electron chi connectivity index (χ0n) is 21.8. The highest BCUT2D eigenvalue weighted by atomic mass is 19.1. The Balaban J connectivity index is 1.77. The van der Waals surface area contributed by atoms with E-state index in [9.17, 15) is 23.2 Å². The molecule has 2 heterocycles. The van der Waals surface area contributed by atoms with Gasteiger partial charge in [-0.15, -0.1) is 0 Å². The minimum atomic E-state index is -1.76. The second-order valence-corrected chi connectivity index (χ2v) is 9.96. The zero-order valence-corrected chi connectivity index (χ0v) is 21.8. The molecule has 0 bridgehead atoms. The van der Waals surface area contributed by atoms with Crippen LogP contribution >= 0.6 is 0 Å². The van der Waals surface area contributed by atoms with Gasteiger partial charge in [0.1, 0.15) is 35.2 Å². The van der Waals surface area contributed by atoms with Crippen LogP contribution in [0.2, 0.25) is 0 Å². The van der Waals surface area contributed by atoms with Gasteiger partial charge >= 0.3 is 0 Å². The molecule has 2 unspecified atom stereocenters. The molecular formula is C29H30F3N3O4. The second-order valence-electron chi connectivity index (χ2n) is 9.96. The summed E-state index contributed by atoms with van der Waals surface area (Å²) in [6.45, 7) is 1.90. The number of carbonyl (C=O) groups excluding carboxylic acids is 2. The highest BCUT2D eigenvalue weighted by Gasteiger charge is 2.40. The molecule has 3 aromatic rings. The van der Waals surface area contributed by atoms with Crippen molar-refractivity contribution in [1.82, 2.24) is 14.8 Å². The SMILES string of the molecule is CN1CCCC(C)(F)C(n2cc(C(=O)NCc3ccc(F)cc3F)c(=O)c(OCc3ccccc3)c2C=O)C1. The number of likely N-dealkylation sites (tertiary alicyclic amines) is 1. The number of amides is 1. The molecule has 39 heavy (non-hydrogen) atoms. The van der Waals surface area contributed by atoms with E-state index in [-0.39, 0.29) is 43.1 Å². The van der Waals surface area contributed by atoms with Crippen molar-refractivity contribution in [2.24, 2.45) is 0 Å². The molecule has 1 amide bonds. The molecule has 2 aromatic carbocycles. The molecule has 4 rings (SSSR count). The van der Waals surface area contributed by atoms with E-state index in [0.717, 1.165) is 6.07 Å². The third-order valence-corrected chi connectivity index (χ3v) is 6.99. The molecule has 1 aliphatic rings. The summed E-state index contributed by atoms with van der Waals surface area (Å²) in [6, 6.07) is 10.9. The number of nitrogens with one attached hydrogen (secondary N) is 1. The summed E-state index contributed by atoms with van der Waals surface area (Å²) in [7, 11) is 1.83. The van der Waals surface area contributed by atoms with Crippen molar-refractivity contribution in [1.29, 1.82) is 0 Å². The third-order valence-electron chi connectivity index (χ3n) is 6.99. The summed E-state index contributed by atoms with van der Waals surface area (Å²) < 4.78 is 50.5. The predicted octanol–water partition coefficient (Wildman–Crippen LogP) is 4.44. The normalized spacial score (nSPS) is 19.8. The fourth-order valence-corrected chi connectivity index (χ4v) is 4.78. The standard InChI is InChI=1S/C29H30F3N3O4/c1-29(32)11-6-12-34(2)16-25(29)35-15-22(28(38)33-14-20-9-10-21(30)13-23(20)31)26(37)27(24(35)17-36)39-18-19-7-4-3-5-8-19/h3-5,7-10,13,15,17,25H,6,11-12,14,16,18H2,1-2H3,(H,33,38). The number of aromatic nitrogens is 1. The van der Waals surface area contributed by atoms with Gasteiger partial charge < -0.3 is 19.5 Å². The molecule has 1 aromatic heterocycles. The summed E-state index contributed by atoms with van der Waals surface area (Å²) in [5.41, 5.74) is -2.47. The van der Waals surface area contributed by atoms with Gasteiger partial charge in [-0.05, 0) is 45.0 Å². The van der Waals surface area contributed by atoms with Gasteiger partial charge in [0.15, 0.2) is 12.0 Å². The smallest absolute Gasteiger partial charge is 0.257 e. The average Bonchev–Trinajstić information content (AvgIpc) is 3.04. The first-order chi connectivity index (χ1) is 18.6. The maximum absolute atomic E-state index is 16.0. The Labute approximate surface area is 224 Å². The Hall–Kier alpha value is -3.92. The monoisotopic (exact) mass is 541 g/mol. The summed E-state index contributed by atoms with van der Waals surface area (Å²) in [4.78, 5) is 40.9. The number of hydrogen-bond donors (Lipinski definition) is 1. The van der Waals surface area contributed by atoms with Gasteiger partial charge in [-0.3, -0.25) is 14.4 Å². The molecule has 10 heteroatoms. The summed E-state index contributed by atoms with van der Waals surface area (Å²) in [5, 5.41) is 2.46. The lowest BCUT2D eigenvalue weighted by atomic mass is 9.93. The highest BCUT2D eigenvalue weighted by Crippen LogP contribution is 2.36. The van der Waals surface area contributed by atoms with E-state index in [1.807, 2.05) is 18.0 Å². The minimum absolute atomic E-state index is 0.0110. The van der Waals surface area contributed by atoms with Crippen LogP contribution in [0.1, 0.15) is 57.8 Å². The van der Waals surface area contributed by atoms with Crippen molar-refractivity contribution < 1.29 is 27.5 Å². The fraction of sp³-hybridized carbons (Fsp3) is 0.345. The number of hydrogen-bond acceptors (Lipinski definition) is 5. The molecule has 0 aliphatic carbocycles. The number of halogens is 3. The van der Waals surface area contributed by atoms with Gasteiger partial charge in [-0.25, -0.2) is 13.2 Å². The van der Waals surface area contributed by atoms with Crippen molar-refractivity contribution >= 4 is 12.2 Å². The molecule has 1 aliphatic heterocycles. The first-order valence-corrected chi connectivity index (χ1v) is 12.6. The second kappa shape index (κ2) is 11.9. The largest absolute Gasteiger partial charge is 0.483 e. The molecule has 1 N–H and O–H groups in total. The lowest BCUT2D eigenvalue weighted by Gasteiger charge is -2.33. The van der Waals surface area contributed by atoms with E-state index in [1.54, 1.807) is 24.3 Å². The number of rotatable bonds is 8. The van der Waals surface area contributed by atoms with Crippen LogP contribution < -0.4 is 15.5 Å². The Morgan fingerprint density at radius 1 is 1.21 bits per heavy atom. The van der Waals surface area contributed by atoms with Crippen molar-refractivity contribution in [2.75, 3.05) is 20.1 Å². The van der Waals surface area contributed by atoms with Gasteiger partial charge in [-0.2, -0.15) is 0 Å². The van der Waals surface area contributed by atoms with E-state index < -0.39 is 40.2 Å². The number of likely N-dealkylation sites (N-methyl/N-ethyl adjacent to an activating group) is 1. The van der Waals surface area contributed by atoms with Crippen molar-refractivity contribution in [3.05, 3.63) is 99.0 Å². The predicted molar refractivity (Wildman–Crippen MR) is 140 cm³/mol. The maximum Gasteiger partial charge on any atom is 0.257 e. The first-order valence-electron chi connectivity index (χ1n) is 12.6. The van der Waals surface area contributed by atoms with Crippen LogP contribution in [-0.2, 0) is 13.2 Å². The van der Waals surface area contributed by atoms with Gasteiger partial charge in [0.2, 0.25) is 5.43 Å². The topological polar surface area (TPSA) is 80.6 Å². The average molecular weight is 542 g/mol. The Morgan fingerprint density at radius 2 is 1.95 bits per heavy atom. The number of aldehydes is 1. The summed E-state index contributed by atoms with van der Waals surface area (Å²) in [5.74, 6) is -2.87. The van der Waals surface area contributed by atoms with E-state index >= 15 is 4.39 Å². The van der Waals surface area contributed by atoms with E-state index in [2.05, 4.69) is 5.32 Å². The molecule has 0 spiro atoms. The molecule has 1 fully saturated rings. The number of ether oxygens (including phenoxy) is 1. The van der Waals surface area contributed by atoms with E-state index in [4.69, 9.17) is 4.74 Å². The first kappa shape index (κ1) is 28.1. The van der Waals surface area contributed by atoms with E-state index in [0.29, 0.717) is 30.9 Å². The molecule has 206 valence electrons. The van der Waals surface area contributed by atoms with Crippen LogP contribution in [0.25, 0.3) is 0 Å². The van der Waals surface area contributed by atoms with Crippen molar-refractivity contribution in [3.63, 3.8) is 0 Å². The number of nitrogens with zero attached hydrogens (tertiary/aromatic N) is 2. The van der Waals surface area contributed by atoms with Gasteiger partial charge in [-0.1, -0.05) is 36.4 Å². The van der Waals surface area contributed by atoms with Crippen molar-refractivity contribution in [3.8, 4) is 5.75 Å². The van der Waals surface area contributed by atoms with E-state index in [1.165, 1.54) is 23.8 Å². The van der Waals surface area contributed by atoms with Crippen molar-refractivity contribution in [2.45, 2.75) is 44.6 Å². The number of benzene rings is 2. The fourth-order valence-electron chi connectivity index (χ4n) is 4.78. The lowest BCUT2D eigenvalue weighted by molar-refractivity contribution is 0.0877. The van der Waals surface area contributed by atoms with Crippen LogP contribution in [0.15, 0.2) is 59.5 Å². The number of alkyl halides is 1. The van der Waals surface area contributed by atoms with Crippen LogP contribution in [0.3, 0.4) is 0 Å². The number of carbonyl (C=O) groups is 2. The molecule has 1 saturated heterocycles. The van der Waals surface area contributed by atoms with Crippen LogP contribution in [0.4, 0.5) is 13.2 Å². The third kappa shape index (κ3) is 6.39. The molecule has 0 saturated carbocycles. The molecular weight excluding hydrogens is 511 g/mol.